The summed E-state index contributed by atoms with van der Waals surface area (Å²) in [6.45, 7) is 7.96. The van der Waals surface area contributed by atoms with Gasteiger partial charge in [-0.1, -0.05) is 18.5 Å². The Bertz CT molecular complexity index is 1350. The van der Waals surface area contributed by atoms with E-state index >= 15 is 0 Å². The number of anilines is 2. The molecule has 0 amide bonds. The van der Waals surface area contributed by atoms with Gasteiger partial charge in [-0.3, -0.25) is 14.6 Å². The molecule has 0 radical (unpaired) electrons. The van der Waals surface area contributed by atoms with E-state index in [1.165, 1.54) is 18.5 Å². The van der Waals surface area contributed by atoms with Crippen molar-refractivity contribution in [3.8, 4) is 11.5 Å². The van der Waals surface area contributed by atoms with Gasteiger partial charge in [-0.05, 0) is 56.4 Å². The molecular weight excluding hydrogens is 537 g/mol. The first-order chi connectivity index (χ1) is 19.3. The first kappa shape index (κ1) is 28.3. The molecule has 11 heteroatoms. The van der Waals surface area contributed by atoms with Crippen molar-refractivity contribution in [2.24, 2.45) is 5.92 Å². The number of nitrogens with zero attached hydrogens (tertiary/aromatic N) is 4. The third-order valence-corrected chi connectivity index (χ3v) is 7.78. The molecule has 0 aliphatic carbocycles. The normalized spacial score (nSPS) is 19.8. The Hall–Kier alpha value is -3.21. The number of rotatable bonds is 9. The molecule has 5 rings (SSSR count). The van der Waals surface area contributed by atoms with Crippen LogP contribution in [0.5, 0.6) is 11.5 Å². The van der Waals surface area contributed by atoms with Crippen LogP contribution in [0.15, 0.2) is 36.7 Å². The van der Waals surface area contributed by atoms with Crippen molar-refractivity contribution in [2.45, 2.75) is 45.4 Å². The molecule has 2 aliphatic heterocycles. The number of nitrogens with one attached hydrogen (secondary N) is 1. The Balaban J connectivity index is 1.29. The van der Waals surface area contributed by atoms with Gasteiger partial charge >= 0.3 is 5.97 Å². The van der Waals surface area contributed by atoms with E-state index < -0.39 is 5.82 Å². The number of esters is 1. The predicted molar refractivity (Wildman–Crippen MR) is 152 cm³/mol. The number of benzene rings is 2. The van der Waals surface area contributed by atoms with Crippen LogP contribution in [0.25, 0.3) is 10.9 Å². The van der Waals surface area contributed by atoms with Gasteiger partial charge in [-0.2, -0.15) is 0 Å². The van der Waals surface area contributed by atoms with Crippen molar-refractivity contribution in [3.05, 3.63) is 47.5 Å². The summed E-state index contributed by atoms with van der Waals surface area (Å²) in [5, 5.41) is 3.97. The smallest absolute Gasteiger partial charge is 0.320 e. The minimum absolute atomic E-state index is 0.0246. The highest BCUT2D eigenvalue weighted by atomic mass is 35.5. The molecule has 1 N–H and O–H groups in total. The maximum atomic E-state index is 13.7. The number of hydrogen-bond donors (Lipinski definition) is 1. The molecule has 0 bridgehead atoms. The first-order valence-corrected chi connectivity index (χ1v) is 14.1. The number of aromatic nitrogens is 2. The Labute approximate surface area is 238 Å². The lowest BCUT2D eigenvalue weighted by Crippen LogP contribution is -2.49. The number of likely N-dealkylation sites (tertiary alicyclic amines) is 1. The van der Waals surface area contributed by atoms with Crippen LogP contribution in [-0.2, 0) is 9.53 Å². The molecule has 1 aromatic heterocycles. The van der Waals surface area contributed by atoms with Gasteiger partial charge in [-0.25, -0.2) is 14.4 Å². The summed E-state index contributed by atoms with van der Waals surface area (Å²) in [6.07, 6.45) is 4.15. The summed E-state index contributed by atoms with van der Waals surface area (Å²) in [5.41, 5.74) is 1.29. The molecule has 0 spiro atoms. The Morgan fingerprint density at radius 2 is 2.00 bits per heavy atom. The van der Waals surface area contributed by atoms with Gasteiger partial charge in [0.25, 0.3) is 0 Å². The summed E-state index contributed by atoms with van der Waals surface area (Å²) in [6, 6.07) is 8.14. The molecule has 2 fully saturated rings. The highest BCUT2D eigenvalue weighted by molar-refractivity contribution is 6.31. The van der Waals surface area contributed by atoms with Crippen LogP contribution >= 0.6 is 11.6 Å². The van der Waals surface area contributed by atoms with E-state index in [0.717, 1.165) is 50.8 Å². The lowest BCUT2D eigenvalue weighted by Gasteiger charge is -2.39. The number of fused-ring (bicyclic) bond motifs is 1. The van der Waals surface area contributed by atoms with Crippen LogP contribution in [0.4, 0.5) is 15.9 Å². The fourth-order valence-electron chi connectivity index (χ4n) is 5.53. The highest BCUT2D eigenvalue weighted by Gasteiger charge is 2.30. The molecule has 3 aromatic rings. The van der Waals surface area contributed by atoms with Crippen LogP contribution in [0.3, 0.4) is 0 Å². The van der Waals surface area contributed by atoms with Crippen molar-refractivity contribution >= 4 is 40.0 Å². The van der Waals surface area contributed by atoms with Crippen molar-refractivity contribution in [3.63, 3.8) is 0 Å². The minimum atomic E-state index is -0.486. The summed E-state index contributed by atoms with van der Waals surface area (Å²) >= 11 is 5.97. The van der Waals surface area contributed by atoms with Crippen molar-refractivity contribution in [1.29, 1.82) is 0 Å². The largest absolute Gasteiger partial charge is 0.493 e. The number of carbonyl (C=O) groups is 1. The minimum Gasteiger partial charge on any atom is -0.493 e. The molecule has 2 aromatic carbocycles. The number of halogens is 2. The maximum absolute atomic E-state index is 13.7. The molecule has 214 valence electrons. The van der Waals surface area contributed by atoms with Gasteiger partial charge in [0.1, 0.15) is 24.1 Å². The lowest BCUT2D eigenvalue weighted by atomic mass is 9.95. The zero-order chi connectivity index (χ0) is 28.2. The number of methoxy groups -OCH3 is 1. The molecule has 2 aliphatic rings. The van der Waals surface area contributed by atoms with Crippen LogP contribution < -0.4 is 14.8 Å². The van der Waals surface area contributed by atoms with Gasteiger partial charge in [0, 0.05) is 43.3 Å². The van der Waals surface area contributed by atoms with Crippen molar-refractivity contribution in [1.82, 2.24) is 19.8 Å². The lowest BCUT2D eigenvalue weighted by molar-refractivity contribution is -0.157. The molecule has 2 atom stereocenters. The monoisotopic (exact) mass is 571 g/mol. The standard InChI is InChI=1S/C29H35ClFN5O4/c1-4-27(36-9-7-19(8-10-36)15-35-14-18(2)39-28(37)16-35)40-26-12-21-24(13-25(26)38-3)32-17-33-29(21)34-20-5-6-23(31)22(30)11-20/h5-6,11-13,17-19,27H,4,7-10,14-16H2,1-3H3,(H,32,33,34). The summed E-state index contributed by atoms with van der Waals surface area (Å²) < 4.78 is 31.1. The average Bonchev–Trinajstić information content (AvgIpc) is 2.93. The second-order valence-electron chi connectivity index (χ2n) is 10.5. The van der Waals surface area contributed by atoms with E-state index in [4.69, 9.17) is 25.8 Å². The quantitative estimate of drug-likeness (QED) is 0.346. The molecular formula is C29H35ClFN5O4. The number of cyclic esters (lactones) is 1. The predicted octanol–water partition coefficient (Wildman–Crippen LogP) is 5.25. The van der Waals surface area contributed by atoms with Crippen molar-refractivity contribution < 1.29 is 23.4 Å². The van der Waals surface area contributed by atoms with Crippen LogP contribution in [0.2, 0.25) is 5.02 Å². The van der Waals surface area contributed by atoms with Gasteiger partial charge in [-0.15, -0.1) is 0 Å². The van der Waals surface area contributed by atoms with E-state index in [0.29, 0.717) is 41.0 Å². The SMILES string of the molecule is CCC(Oc1cc2c(Nc3ccc(F)c(Cl)c3)ncnc2cc1OC)N1CCC(CN2CC(=O)OC(C)C2)CC1. The van der Waals surface area contributed by atoms with E-state index in [2.05, 4.69) is 32.0 Å². The van der Waals surface area contributed by atoms with Crippen LogP contribution in [0, 0.1) is 11.7 Å². The molecule has 0 saturated carbocycles. The molecule has 2 unspecified atom stereocenters. The first-order valence-electron chi connectivity index (χ1n) is 13.7. The summed E-state index contributed by atoms with van der Waals surface area (Å²) in [7, 11) is 1.61. The zero-order valence-electron chi connectivity index (χ0n) is 23.0. The van der Waals surface area contributed by atoms with Crippen LogP contribution in [0.1, 0.15) is 33.1 Å². The third kappa shape index (κ3) is 6.56. The third-order valence-electron chi connectivity index (χ3n) is 7.49. The Kier molecular flexibility index (Phi) is 8.87. The van der Waals surface area contributed by atoms with E-state index in [9.17, 15) is 9.18 Å². The summed E-state index contributed by atoms with van der Waals surface area (Å²) in [5.74, 6) is 1.64. The number of ether oxygens (including phenoxy) is 3. The van der Waals surface area contributed by atoms with E-state index in [1.54, 1.807) is 13.2 Å². The number of piperidine rings is 1. The Morgan fingerprint density at radius 1 is 1.20 bits per heavy atom. The van der Waals surface area contributed by atoms with Gasteiger partial charge in [0.05, 0.1) is 24.2 Å². The van der Waals surface area contributed by atoms with Gasteiger partial charge in [0.15, 0.2) is 17.7 Å². The number of morpholine rings is 1. The average molecular weight is 572 g/mol. The Morgan fingerprint density at radius 3 is 2.70 bits per heavy atom. The van der Waals surface area contributed by atoms with Crippen LogP contribution in [-0.4, -0.2) is 77.9 Å². The highest BCUT2D eigenvalue weighted by Crippen LogP contribution is 2.36. The van der Waals surface area contributed by atoms with Gasteiger partial charge < -0.3 is 19.5 Å². The second-order valence-corrected chi connectivity index (χ2v) is 10.9. The number of carbonyl (C=O) groups excluding carboxylic acids is 1. The summed E-state index contributed by atoms with van der Waals surface area (Å²) in [4.78, 5) is 25.2. The molecule has 3 heterocycles. The maximum Gasteiger partial charge on any atom is 0.320 e. The topological polar surface area (TPSA) is 89.0 Å². The van der Waals surface area contributed by atoms with Gasteiger partial charge in [0.2, 0.25) is 0 Å². The fourth-order valence-corrected chi connectivity index (χ4v) is 5.71. The number of hydrogen-bond acceptors (Lipinski definition) is 9. The molecule has 2 saturated heterocycles. The second kappa shape index (κ2) is 12.5. The van der Waals surface area contributed by atoms with E-state index in [1.807, 2.05) is 19.1 Å². The fraction of sp³-hybridized carbons (Fsp3) is 0.483. The molecule has 9 nitrogen and oxygen atoms in total. The zero-order valence-corrected chi connectivity index (χ0v) is 23.8. The molecule has 40 heavy (non-hydrogen) atoms. The van der Waals surface area contributed by atoms with E-state index in [-0.39, 0.29) is 23.3 Å². The van der Waals surface area contributed by atoms with Crippen molar-refractivity contribution in [2.75, 3.05) is 45.2 Å².